The van der Waals surface area contributed by atoms with Gasteiger partial charge in [-0.3, -0.25) is 14.4 Å². The molecule has 0 atom stereocenters. The Morgan fingerprint density at radius 3 is 2.26 bits per heavy atom. The van der Waals surface area contributed by atoms with Crippen LogP contribution in [0.2, 0.25) is 10.0 Å². The number of hydrogen-bond donors (Lipinski definition) is 3. The number of halogens is 2. The summed E-state index contributed by atoms with van der Waals surface area (Å²) in [6.07, 6.45) is 3.03. The van der Waals surface area contributed by atoms with Crippen molar-refractivity contribution in [2.45, 2.75) is 4.90 Å². The maximum Gasteiger partial charge on any atom is 0.272 e. The highest BCUT2D eigenvalue weighted by molar-refractivity contribution is 8.00. The summed E-state index contributed by atoms with van der Waals surface area (Å²) in [5.74, 6) is -0.635. The van der Waals surface area contributed by atoms with Crippen LogP contribution in [-0.4, -0.2) is 28.5 Å². The number of hydrogen-bond acceptors (Lipinski definition) is 5. The molecule has 4 aromatic rings. The highest BCUT2D eigenvalue weighted by Crippen LogP contribution is 2.27. The molecule has 3 aromatic carbocycles. The molecule has 0 unspecified atom stereocenters. The van der Waals surface area contributed by atoms with E-state index >= 15 is 0 Å². The lowest BCUT2D eigenvalue weighted by Crippen LogP contribution is -2.30. The van der Waals surface area contributed by atoms with Crippen LogP contribution < -0.4 is 16.0 Å². The second-order valence-corrected chi connectivity index (χ2v) is 9.91. The molecule has 196 valence electrons. The second kappa shape index (κ2) is 13.6. The Kier molecular flexibility index (Phi) is 9.74. The molecule has 0 saturated heterocycles. The molecule has 4 rings (SSSR count). The van der Waals surface area contributed by atoms with E-state index in [2.05, 4.69) is 20.9 Å². The standard InChI is InChI=1S/C29H22Cl2N4O3S/c30-23-12-7-13-24(31)22(23)17-25(34-28(37)19-8-2-1-3-9-19)29(38)33-20-10-6-11-21(16-20)39-18-27(36)35-26-14-4-5-15-32-26/h1-17H,18H2,(H,33,38)(H,34,37)(H,32,35,36)/b25-17+. The molecular formula is C29H22Cl2N4O3S. The van der Waals surface area contributed by atoms with Crippen LogP contribution in [0.15, 0.2) is 108 Å². The minimum absolute atomic E-state index is 0.0494. The van der Waals surface area contributed by atoms with E-state index in [-0.39, 0.29) is 17.4 Å². The fourth-order valence-corrected chi connectivity index (χ4v) is 4.62. The SMILES string of the molecule is O=C(CSc1cccc(NC(=O)/C(=C\c2c(Cl)cccc2Cl)NC(=O)c2ccccc2)c1)Nc1ccccn1. The van der Waals surface area contributed by atoms with Crippen LogP contribution in [0.4, 0.5) is 11.5 Å². The number of thioether (sulfide) groups is 1. The molecule has 0 radical (unpaired) electrons. The number of anilines is 2. The van der Waals surface area contributed by atoms with E-state index in [0.29, 0.717) is 32.7 Å². The molecule has 39 heavy (non-hydrogen) atoms. The van der Waals surface area contributed by atoms with E-state index in [1.54, 1.807) is 91.1 Å². The first-order valence-electron chi connectivity index (χ1n) is 11.7. The maximum absolute atomic E-state index is 13.3. The van der Waals surface area contributed by atoms with Crippen molar-refractivity contribution < 1.29 is 14.4 Å². The highest BCUT2D eigenvalue weighted by atomic mass is 35.5. The predicted octanol–water partition coefficient (Wildman–Crippen LogP) is 6.53. The van der Waals surface area contributed by atoms with Crippen LogP contribution in [0.25, 0.3) is 6.08 Å². The zero-order chi connectivity index (χ0) is 27.6. The van der Waals surface area contributed by atoms with Gasteiger partial charge in [0.15, 0.2) is 0 Å². The number of nitrogens with one attached hydrogen (secondary N) is 3. The fourth-order valence-electron chi connectivity index (χ4n) is 3.36. The van der Waals surface area contributed by atoms with Crippen molar-refractivity contribution in [1.29, 1.82) is 0 Å². The number of carbonyl (C=O) groups excluding carboxylic acids is 3. The molecular weight excluding hydrogens is 555 g/mol. The van der Waals surface area contributed by atoms with Gasteiger partial charge in [0.25, 0.3) is 11.8 Å². The third-order valence-corrected chi connectivity index (χ3v) is 6.86. The van der Waals surface area contributed by atoms with Crippen LogP contribution in [0.5, 0.6) is 0 Å². The highest BCUT2D eigenvalue weighted by Gasteiger charge is 2.17. The molecule has 0 spiro atoms. The Morgan fingerprint density at radius 1 is 0.821 bits per heavy atom. The van der Waals surface area contributed by atoms with Gasteiger partial charge in [-0.2, -0.15) is 0 Å². The fraction of sp³-hybridized carbons (Fsp3) is 0.0345. The molecule has 7 nitrogen and oxygen atoms in total. The Bertz CT molecular complexity index is 1500. The number of nitrogens with zero attached hydrogens (tertiary/aromatic N) is 1. The number of benzene rings is 3. The van der Waals surface area contributed by atoms with Gasteiger partial charge in [0, 0.05) is 38.0 Å². The molecule has 0 aliphatic heterocycles. The van der Waals surface area contributed by atoms with Crippen molar-refractivity contribution in [3.8, 4) is 0 Å². The monoisotopic (exact) mass is 576 g/mol. The minimum atomic E-state index is -0.578. The molecule has 0 aliphatic rings. The first-order valence-corrected chi connectivity index (χ1v) is 13.4. The maximum atomic E-state index is 13.3. The number of rotatable bonds is 9. The van der Waals surface area contributed by atoms with Crippen LogP contribution in [0, 0.1) is 0 Å². The van der Waals surface area contributed by atoms with E-state index in [9.17, 15) is 14.4 Å². The van der Waals surface area contributed by atoms with Gasteiger partial charge in [0.2, 0.25) is 5.91 Å². The summed E-state index contributed by atoms with van der Waals surface area (Å²) in [6.45, 7) is 0. The van der Waals surface area contributed by atoms with Gasteiger partial charge in [-0.05, 0) is 60.7 Å². The van der Waals surface area contributed by atoms with E-state index in [4.69, 9.17) is 23.2 Å². The third kappa shape index (κ3) is 8.19. The second-order valence-electron chi connectivity index (χ2n) is 8.05. The quantitative estimate of drug-likeness (QED) is 0.155. The van der Waals surface area contributed by atoms with Crippen molar-refractivity contribution in [3.05, 3.63) is 124 Å². The van der Waals surface area contributed by atoms with Crippen molar-refractivity contribution in [2.24, 2.45) is 0 Å². The van der Waals surface area contributed by atoms with Crippen LogP contribution in [0.1, 0.15) is 15.9 Å². The van der Waals surface area contributed by atoms with Crippen LogP contribution >= 0.6 is 35.0 Å². The number of pyridine rings is 1. The summed E-state index contributed by atoms with van der Waals surface area (Å²) in [4.78, 5) is 43.3. The first-order chi connectivity index (χ1) is 18.9. The Morgan fingerprint density at radius 2 is 1.54 bits per heavy atom. The lowest BCUT2D eigenvalue weighted by atomic mass is 10.1. The smallest absolute Gasteiger partial charge is 0.272 e. The molecule has 0 aliphatic carbocycles. The number of aromatic nitrogens is 1. The minimum Gasteiger partial charge on any atom is -0.321 e. The van der Waals surface area contributed by atoms with Crippen molar-refractivity contribution in [2.75, 3.05) is 16.4 Å². The molecule has 3 amide bonds. The van der Waals surface area contributed by atoms with Crippen molar-refractivity contribution >= 4 is 70.3 Å². The average molecular weight is 577 g/mol. The summed E-state index contributed by atoms with van der Waals surface area (Å²) < 4.78 is 0. The Balaban J connectivity index is 1.49. The Labute approximate surface area is 239 Å². The average Bonchev–Trinajstić information content (AvgIpc) is 2.94. The summed E-state index contributed by atoms with van der Waals surface area (Å²) in [6, 6.07) is 25.7. The van der Waals surface area contributed by atoms with Crippen LogP contribution in [0.3, 0.4) is 0 Å². The zero-order valence-electron chi connectivity index (χ0n) is 20.4. The van der Waals surface area contributed by atoms with Gasteiger partial charge in [0.1, 0.15) is 11.5 Å². The van der Waals surface area contributed by atoms with Crippen molar-refractivity contribution in [3.63, 3.8) is 0 Å². The molecule has 1 aromatic heterocycles. The Hall–Kier alpha value is -4.11. The summed E-state index contributed by atoms with van der Waals surface area (Å²) in [7, 11) is 0. The van der Waals surface area contributed by atoms with E-state index < -0.39 is 11.8 Å². The van der Waals surface area contributed by atoms with Gasteiger partial charge in [-0.1, -0.05) is 59.6 Å². The van der Waals surface area contributed by atoms with Gasteiger partial charge < -0.3 is 16.0 Å². The molecule has 0 bridgehead atoms. The lowest BCUT2D eigenvalue weighted by molar-refractivity contribution is -0.114. The summed E-state index contributed by atoms with van der Waals surface area (Å²) >= 11 is 13.9. The molecule has 3 N–H and O–H groups in total. The predicted molar refractivity (Wildman–Crippen MR) is 157 cm³/mol. The van der Waals surface area contributed by atoms with Crippen molar-refractivity contribution in [1.82, 2.24) is 10.3 Å². The van der Waals surface area contributed by atoms with E-state index in [1.165, 1.54) is 17.8 Å². The van der Waals surface area contributed by atoms with Gasteiger partial charge >= 0.3 is 0 Å². The summed E-state index contributed by atoms with van der Waals surface area (Å²) in [5.41, 5.74) is 1.19. The topological polar surface area (TPSA) is 100 Å². The van der Waals surface area contributed by atoms with Gasteiger partial charge in [-0.25, -0.2) is 4.98 Å². The molecule has 10 heteroatoms. The first kappa shape index (κ1) is 27.9. The normalized spacial score (nSPS) is 11.0. The number of amides is 3. The third-order valence-electron chi connectivity index (χ3n) is 5.21. The number of carbonyl (C=O) groups is 3. The molecule has 0 fully saturated rings. The largest absolute Gasteiger partial charge is 0.321 e. The zero-order valence-corrected chi connectivity index (χ0v) is 22.7. The lowest BCUT2D eigenvalue weighted by Gasteiger charge is -2.13. The van der Waals surface area contributed by atoms with E-state index in [0.717, 1.165) is 4.90 Å². The molecule has 0 saturated carbocycles. The summed E-state index contributed by atoms with van der Waals surface area (Å²) in [5, 5.41) is 8.83. The van der Waals surface area contributed by atoms with Crippen LogP contribution in [-0.2, 0) is 9.59 Å². The van der Waals surface area contributed by atoms with Gasteiger partial charge in [0.05, 0.1) is 5.75 Å². The molecule has 1 heterocycles. The van der Waals surface area contributed by atoms with Gasteiger partial charge in [-0.15, -0.1) is 11.8 Å². The van der Waals surface area contributed by atoms with E-state index in [1.807, 2.05) is 6.07 Å².